The fraction of sp³-hybridized carbons (Fsp3) is 0.933. The van der Waals surface area contributed by atoms with E-state index in [1.165, 1.54) is 77.0 Å². The topological polar surface area (TPSA) is 237 Å². The van der Waals surface area contributed by atoms with Crippen LogP contribution < -0.4 is 0 Å². The van der Waals surface area contributed by atoms with Crippen LogP contribution >= 0.6 is 15.6 Å². The number of rotatable bonds is 57. The molecule has 19 heteroatoms. The van der Waals surface area contributed by atoms with Gasteiger partial charge in [0.25, 0.3) is 0 Å². The summed E-state index contributed by atoms with van der Waals surface area (Å²) in [5.74, 6) is 0.643. The largest absolute Gasteiger partial charge is 0.472 e. The molecule has 0 rings (SSSR count). The Hall–Kier alpha value is -1.94. The van der Waals surface area contributed by atoms with Crippen molar-refractivity contribution >= 4 is 39.5 Å². The molecule has 0 fully saturated rings. The summed E-state index contributed by atoms with van der Waals surface area (Å²) < 4.78 is 67.7. The first-order chi connectivity index (χ1) is 37.6. The number of aliphatic hydroxyl groups is 1. The van der Waals surface area contributed by atoms with E-state index in [2.05, 4.69) is 55.4 Å². The van der Waals surface area contributed by atoms with Gasteiger partial charge in [-0.25, -0.2) is 9.13 Å². The molecular weight excluding hydrogens is 1050 g/mol. The van der Waals surface area contributed by atoms with Crippen LogP contribution in [0.15, 0.2) is 0 Å². The van der Waals surface area contributed by atoms with Crippen LogP contribution in [0.3, 0.4) is 0 Å². The van der Waals surface area contributed by atoms with E-state index in [1.807, 2.05) is 0 Å². The zero-order chi connectivity index (χ0) is 59.0. The third-order valence-electron chi connectivity index (χ3n) is 13.9. The van der Waals surface area contributed by atoms with Gasteiger partial charge < -0.3 is 33.8 Å². The molecule has 0 aliphatic heterocycles. The molecule has 3 N–H and O–H groups in total. The number of phosphoric acid groups is 2. The maximum atomic E-state index is 12.9. The van der Waals surface area contributed by atoms with Crippen molar-refractivity contribution in [1.29, 1.82) is 0 Å². The van der Waals surface area contributed by atoms with Crippen LogP contribution in [0.5, 0.6) is 0 Å². The lowest BCUT2D eigenvalue weighted by atomic mass is 10.00. The normalized spacial score (nSPS) is 14.9. The first-order valence-electron chi connectivity index (χ1n) is 31.2. The number of carbonyl (C=O) groups excluding carboxylic acids is 4. The highest BCUT2D eigenvalue weighted by Gasteiger charge is 2.30. The minimum absolute atomic E-state index is 0.100. The average Bonchev–Trinajstić information content (AvgIpc) is 3.39. The molecule has 0 saturated heterocycles. The number of unbranched alkanes of at least 4 members (excludes halogenated alkanes) is 22. The fourth-order valence-corrected chi connectivity index (χ4v) is 10.3. The Bertz CT molecular complexity index is 1600. The standard InChI is InChI=1S/C60H116O17P2/c1-9-53(8)39-31-23-16-19-27-35-43-60(65)77-55(46-70-57(62)40-32-24-13-11-10-12-20-28-36-50(2)3)48-74-78(66,67)72-44-54(61)45-73-79(68,69)75-49-56(76-59(64)42-34-26-18-15-22-30-38-52(6)7)47-71-58(63)41-33-25-17-14-21-29-37-51(4)5/h50-56,61H,9-49H2,1-8H3,(H,66,67)(H,68,69)/t53?,54-,55-,56-/m1/s1. The Morgan fingerprint density at radius 1 is 0.354 bits per heavy atom. The minimum Gasteiger partial charge on any atom is -0.462 e. The molecule has 0 amide bonds. The van der Waals surface area contributed by atoms with Gasteiger partial charge in [-0.2, -0.15) is 0 Å². The Kier molecular flexibility index (Phi) is 49.3. The molecule has 0 radical (unpaired) electrons. The highest BCUT2D eigenvalue weighted by molar-refractivity contribution is 7.47. The Labute approximate surface area is 479 Å². The third-order valence-corrected chi connectivity index (χ3v) is 15.8. The van der Waals surface area contributed by atoms with E-state index in [0.29, 0.717) is 37.5 Å². The maximum absolute atomic E-state index is 12.9. The second kappa shape index (κ2) is 50.6. The summed E-state index contributed by atoms with van der Waals surface area (Å²) in [6.45, 7) is 13.8. The molecule has 0 heterocycles. The van der Waals surface area contributed by atoms with Crippen LogP contribution in [0.1, 0.15) is 280 Å². The van der Waals surface area contributed by atoms with E-state index < -0.39 is 97.5 Å². The van der Waals surface area contributed by atoms with Crippen LogP contribution in [0.25, 0.3) is 0 Å². The maximum Gasteiger partial charge on any atom is 0.472 e. The zero-order valence-corrected chi connectivity index (χ0v) is 52.8. The van der Waals surface area contributed by atoms with Crippen LogP contribution in [-0.4, -0.2) is 96.7 Å². The summed E-state index contributed by atoms with van der Waals surface area (Å²) in [4.78, 5) is 71.9. The molecule has 0 aliphatic rings. The van der Waals surface area contributed by atoms with Crippen LogP contribution in [0.2, 0.25) is 0 Å². The lowest BCUT2D eigenvalue weighted by molar-refractivity contribution is -0.161. The molecule has 0 aromatic rings. The third kappa shape index (κ3) is 53.8. The summed E-state index contributed by atoms with van der Waals surface area (Å²) in [5.41, 5.74) is 0. The second-order valence-corrected chi connectivity index (χ2v) is 26.3. The minimum atomic E-state index is -4.94. The van der Waals surface area contributed by atoms with Crippen molar-refractivity contribution in [2.24, 2.45) is 23.7 Å². The molecule has 0 spiro atoms. The molecular formula is C60H116O17P2. The Balaban J connectivity index is 5.25. The lowest BCUT2D eigenvalue weighted by Gasteiger charge is -2.21. The zero-order valence-electron chi connectivity index (χ0n) is 51.0. The van der Waals surface area contributed by atoms with Gasteiger partial charge in [0.05, 0.1) is 26.4 Å². The smallest absolute Gasteiger partial charge is 0.462 e. The summed E-state index contributed by atoms with van der Waals surface area (Å²) in [6.07, 6.45) is 28.4. The molecule has 0 saturated carbocycles. The predicted molar refractivity (Wildman–Crippen MR) is 312 cm³/mol. The summed E-state index contributed by atoms with van der Waals surface area (Å²) >= 11 is 0. The molecule has 0 aromatic carbocycles. The SMILES string of the molecule is CCC(C)CCCCCCCCC(=O)O[C@H](COC(=O)CCCCCCCCCCC(C)C)COP(=O)(O)OC[C@@H](O)COP(=O)(O)OC[C@@H](COC(=O)CCCCCCCCC(C)C)OC(=O)CCCCCCCCC(C)C. The van der Waals surface area contributed by atoms with E-state index >= 15 is 0 Å². The second-order valence-electron chi connectivity index (χ2n) is 23.4. The molecule has 0 aromatic heterocycles. The van der Waals surface area contributed by atoms with Crippen LogP contribution in [0.4, 0.5) is 0 Å². The van der Waals surface area contributed by atoms with Crippen LogP contribution in [-0.2, 0) is 65.4 Å². The van der Waals surface area contributed by atoms with Gasteiger partial charge in [-0.05, 0) is 49.4 Å². The number of carbonyl (C=O) groups is 4. The number of hydrogen-bond acceptors (Lipinski definition) is 15. The Morgan fingerprint density at radius 2 is 0.608 bits per heavy atom. The van der Waals surface area contributed by atoms with Gasteiger partial charge in [-0.3, -0.25) is 37.3 Å². The molecule has 79 heavy (non-hydrogen) atoms. The quantitative estimate of drug-likeness (QED) is 0.0222. The van der Waals surface area contributed by atoms with Crippen molar-refractivity contribution in [3.63, 3.8) is 0 Å². The van der Waals surface area contributed by atoms with Gasteiger partial charge >= 0.3 is 39.5 Å². The van der Waals surface area contributed by atoms with E-state index in [1.54, 1.807) is 0 Å². The number of aliphatic hydroxyl groups excluding tert-OH is 1. The van der Waals surface area contributed by atoms with Gasteiger partial charge in [0.2, 0.25) is 0 Å². The van der Waals surface area contributed by atoms with E-state index in [4.69, 9.17) is 37.0 Å². The van der Waals surface area contributed by atoms with Gasteiger partial charge in [0, 0.05) is 25.7 Å². The molecule has 0 bridgehead atoms. The number of hydrogen-bond donors (Lipinski definition) is 3. The molecule has 3 unspecified atom stereocenters. The highest BCUT2D eigenvalue weighted by Crippen LogP contribution is 2.45. The summed E-state index contributed by atoms with van der Waals surface area (Å²) in [5, 5.41) is 10.5. The van der Waals surface area contributed by atoms with Crippen molar-refractivity contribution in [1.82, 2.24) is 0 Å². The van der Waals surface area contributed by atoms with E-state index in [-0.39, 0.29) is 25.7 Å². The lowest BCUT2D eigenvalue weighted by Crippen LogP contribution is -2.30. The average molecular weight is 1170 g/mol. The van der Waals surface area contributed by atoms with Crippen molar-refractivity contribution in [2.45, 2.75) is 298 Å². The molecule has 468 valence electrons. The summed E-state index contributed by atoms with van der Waals surface area (Å²) in [7, 11) is -9.88. The number of phosphoric ester groups is 2. The van der Waals surface area contributed by atoms with Gasteiger partial charge in [-0.15, -0.1) is 0 Å². The predicted octanol–water partition coefficient (Wildman–Crippen LogP) is 15.8. The Morgan fingerprint density at radius 3 is 0.899 bits per heavy atom. The monoisotopic (exact) mass is 1170 g/mol. The van der Waals surface area contributed by atoms with Crippen molar-refractivity contribution < 1.29 is 80.2 Å². The first-order valence-corrected chi connectivity index (χ1v) is 34.2. The van der Waals surface area contributed by atoms with Gasteiger partial charge in [0.15, 0.2) is 12.2 Å². The highest BCUT2D eigenvalue weighted by atomic mass is 31.2. The molecule has 17 nitrogen and oxygen atoms in total. The first kappa shape index (κ1) is 77.1. The van der Waals surface area contributed by atoms with Gasteiger partial charge in [0.1, 0.15) is 19.3 Å². The van der Waals surface area contributed by atoms with Crippen LogP contribution in [0, 0.1) is 23.7 Å². The van der Waals surface area contributed by atoms with Gasteiger partial charge in [-0.1, -0.05) is 229 Å². The van der Waals surface area contributed by atoms with Crippen molar-refractivity contribution in [2.75, 3.05) is 39.6 Å². The molecule has 6 atom stereocenters. The van der Waals surface area contributed by atoms with Crippen molar-refractivity contribution in [3.8, 4) is 0 Å². The number of esters is 4. The summed E-state index contributed by atoms with van der Waals surface area (Å²) in [6, 6.07) is 0. The number of ether oxygens (including phenoxy) is 4. The molecule has 0 aliphatic carbocycles. The van der Waals surface area contributed by atoms with E-state index in [9.17, 15) is 43.2 Å². The fourth-order valence-electron chi connectivity index (χ4n) is 8.69. The van der Waals surface area contributed by atoms with E-state index in [0.717, 1.165) is 108 Å². The van der Waals surface area contributed by atoms with Crippen molar-refractivity contribution in [3.05, 3.63) is 0 Å².